The number of para-hydroxylation sites is 1. The molecule has 2 aromatic carbocycles. The van der Waals surface area contributed by atoms with Crippen LogP contribution >= 0.6 is 35.6 Å². The molecule has 0 bridgehead atoms. The standard InChI is InChI=1S/C20H13ClN4O3S2/c21-13-7-5-11(6-8-13)18-24(16(26)10-30-18)25-17(22-23-20(25)29)14-9-12-3-1-2-4-15(12)28-19(14)27/h1-9,18H,10H2,(H,23,29). The summed E-state index contributed by atoms with van der Waals surface area (Å²) in [5, 5.41) is 9.46. The van der Waals surface area contributed by atoms with E-state index in [-0.39, 0.29) is 33.2 Å². The summed E-state index contributed by atoms with van der Waals surface area (Å²) in [7, 11) is 0. The van der Waals surface area contributed by atoms with Crippen LogP contribution in [0.1, 0.15) is 10.9 Å². The molecule has 1 fully saturated rings. The summed E-state index contributed by atoms with van der Waals surface area (Å²) in [6.07, 6.45) is 0. The molecule has 10 heteroatoms. The van der Waals surface area contributed by atoms with Gasteiger partial charge in [-0.25, -0.2) is 19.6 Å². The summed E-state index contributed by atoms with van der Waals surface area (Å²) in [4.78, 5) is 25.5. The van der Waals surface area contributed by atoms with Crippen molar-refractivity contribution in [1.29, 1.82) is 0 Å². The lowest BCUT2D eigenvalue weighted by Crippen LogP contribution is -2.39. The highest BCUT2D eigenvalue weighted by molar-refractivity contribution is 8.00. The number of H-pyrrole nitrogens is 1. The maximum Gasteiger partial charge on any atom is 0.347 e. The molecule has 4 aromatic rings. The number of benzene rings is 2. The third-order valence-electron chi connectivity index (χ3n) is 4.75. The van der Waals surface area contributed by atoms with E-state index in [0.717, 1.165) is 10.9 Å². The van der Waals surface area contributed by atoms with Crippen molar-refractivity contribution in [3.63, 3.8) is 0 Å². The summed E-state index contributed by atoms with van der Waals surface area (Å²) < 4.78 is 7.12. The number of halogens is 1. The van der Waals surface area contributed by atoms with Crippen LogP contribution in [0, 0.1) is 4.77 Å². The lowest BCUT2D eigenvalue weighted by Gasteiger charge is -2.25. The lowest BCUT2D eigenvalue weighted by atomic mass is 10.2. The quantitative estimate of drug-likeness (QED) is 0.366. The van der Waals surface area contributed by atoms with Crippen LogP contribution in [0.15, 0.2) is 63.8 Å². The van der Waals surface area contributed by atoms with Gasteiger partial charge >= 0.3 is 5.63 Å². The average Bonchev–Trinajstić information content (AvgIpc) is 3.30. The highest BCUT2D eigenvalue weighted by Crippen LogP contribution is 2.38. The Morgan fingerprint density at radius 3 is 2.73 bits per heavy atom. The maximum atomic E-state index is 12.8. The van der Waals surface area contributed by atoms with Crippen LogP contribution in [-0.2, 0) is 4.79 Å². The number of aromatic nitrogens is 3. The first-order chi connectivity index (χ1) is 14.5. The van der Waals surface area contributed by atoms with E-state index in [0.29, 0.717) is 10.6 Å². The normalized spacial score (nSPS) is 16.5. The molecule has 2 aromatic heterocycles. The molecule has 5 rings (SSSR count). The Bertz CT molecular complexity index is 1390. The lowest BCUT2D eigenvalue weighted by molar-refractivity contribution is -0.117. The van der Waals surface area contributed by atoms with Crippen LogP contribution in [0.3, 0.4) is 0 Å². The van der Waals surface area contributed by atoms with E-state index in [1.165, 1.54) is 21.4 Å². The van der Waals surface area contributed by atoms with Gasteiger partial charge in [0.15, 0.2) is 5.82 Å². The van der Waals surface area contributed by atoms with Crippen molar-refractivity contribution in [3.8, 4) is 11.4 Å². The Balaban J connectivity index is 1.68. The van der Waals surface area contributed by atoms with Crippen LogP contribution in [-0.4, -0.2) is 26.5 Å². The van der Waals surface area contributed by atoms with Crippen LogP contribution in [0.25, 0.3) is 22.4 Å². The van der Waals surface area contributed by atoms with Gasteiger partial charge in [0.05, 0.1) is 5.75 Å². The average molecular weight is 457 g/mol. The molecule has 1 N–H and O–H groups in total. The molecular weight excluding hydrogens is 444 g/mol. The predicted octanol–water partition coefficient (Wildman–Crippen LogP) is 4.28. The van der Waals surface area contributed by atoms with Crippen molar-refractivity contribution >= 4 is 52.5 Å². The Hall–Kier alpha value is -2.88. The van der Waals surface area contributed by atoms with Gasteiger partial charge in [0.25, 0.3) is 5.91 Å². The fraction of sp³-hybridized carbons (Fsp3) is 0.100. The number of nitrogens with zero attached hydrogens (tertiary/aromatic N) is 3. The van der Waals surface area contributed by atoms with Gasteiger partial charge < -0.3 is 4.42 Å². The second-order valence-corrected chi connectivity index (χ2v) is 8.49. The highest BCUT2D eigenvalue weighted by Gasteiger charge is 2.37. The predicted molar refractivity (Wildman–Crippen MR) is 119 cm³/mol. The molecule has 1 amide bonds. The number of fused-ring (bicyclic) bond motifs is 1. The Kier molecular flexibility index (Phi) is 4.73. The Morgan fingerprint density at radius 1 is 1.17 bits per heavy atom. The van der Waals surface area contributed by atoms with E-state index in [2.05, 4.69) is 10.2 Å². The number of hydrogen-bond acceptors (Lipinski definition) is 6. The van der Waals surface area contributed by atoms with Crippen LogP contribution in [0.5, 0.6) is 0 Å². The van der Waals surface area contributed by atoms with Crippen LogP contribution in [0.4, 0.5) is 0 Å². The molecule has 150 valence electrons. The van der Waals surface area contributed by atoms with Crippen molar-refractivity contribution in [1.82, 2.24) is 14.9 Å². The number of rotatable bonds is 3. The number of amides is 1. The molecule has 0 aliphatic carbocycles. The summed E-state index contributed by atoms with van der Waals surface area (Å²) in [6.45, 7) is 0. The molecule has 3 heterocycles. The van der Waals surface area contributed by atoms with E-state index in [9.17, 15) is 9.59 Å². The topological polar surface area (TPSA) is 84.1 Å². The van der Waals surface area contributed by atoms with Crippen LogP contribution in [0.2, 0.25) is 5.02 Å². The zero-order valence-corrected chi connectivity index (χ0v) is 17.6. The summed E-state index contributed by atoms with van der Waals surface area (Å²) >= 11 is 12.9. The molecule has 0 spiro atoms. The molecular formula is C20H13ClN4O3S2. The zero-order valence-electron chi connectivity index (χ0n) is 15.2. The number of carbonyl (C=O) groups is 1. The van der Waals surface area contributed by atoms with Crippen molar-refractivity contribution < 1.29 is 9.21 Å². The molecule has 1 atom stereocenters. The van der Waals surface area contributed by atoms with Gasteiger partial charge in [0.1, 0.15) is 16.5 Å². The molecule has 1 aliphatic heterocycles. The number of aromatic amines is 1. The third kappa shape index (κ3) is 3.15. The van der Waals surface area contributed by atoms with Gasteiger partial charge in [-0.15, -0.1) is 11.8 Å². The SMILES string of the molecule is O=C1CSC(c2ccc(Cl)cc2)N1n1c(-c2cc3ccccc3oc2=O)n[nH]c1=S. The van der Waals surface area contributed by atoms with Crippen molar-refractivity contribution in [2.75, 3.05) is 10.8 Å². The van der Waals surface area contributed by atoms with Crippen molar-refractivity contribution in [3.05, 3.63) is 80.4 Å². The minimum Gasteiger partial charge on any atom is -0.422 e. The van der Waals surface area contributed by atoms with Crippen LogP contribution < -0.4 is 10.6 Å². The Labute approximate surface area is 184 Å². The zero-order chi connectivity index (χ0) is 20.8. The first-order valence-electron chi connectivity index (χ1n) is 8.93. The maximum absolute atomic E-state index is 12.8. The fourth-order valence-corrected chi connectivity index (χ4v) is 4.86. The number of nitrogens with one attached hydrogen (secondary N) is 1. The molecule has 7 nitrogen and oxygen atoms in total. The largest absolute Gasteiger partial charge is 0.422 e. The van der Waals surface area contributed by atoms with Gasteiger partial charge in [-0.3, -0.25) is 4.79 Å². The first kappa shape index (κ1) is 19.1. The van der Waals surface area contributed by atoms with E-state index < -0.39 is 5.63 Å². The number of hydrogen-bond donors (Lipinski definition) is 1. The van der Waals surface area contributed by atoms with E-state index >= 15 is 0 Å². The third-order valence-corrected chi connectivity index (χ3v) is 6.46. The minimum atomic E-state index is -0.564. The molecule has 0 radical (unpaired) electrons. The van der Waals surface area contributed by atoms with E-state index in [1.54, 1.807) is 30.3 Å². The van der Waals surface area contributed by atoms with Gasteiger partial charge in [-0.1, -0.05) is 41.9 Å². The fourth-order valence-electron chi connectivity index (χ4n) is 3.38. The van der Waals surface area contributed by atoms with Gasteiger partial charge in [0.2, 0.25) is 4.77 Å². The second kappa shape index (κ2) is 7.42. The monoisotopic (exact) mass is 456 g/mol. The second-order valence-electron chi connectivity index (χ2n) is 6.60. The molecule has 1 saturated heterocycles. The Morgan fingerprint density at radius 2 is 1.93 bits per heavy atom. The smallest absolute Gasteiger partial charge is 0.347 e. The number of carbonyl (C=O) groups excluding carboxylic acids is 1. The van der Waals surface area contributed by atoms with Gasteiger partial charge in [-0.2, -0.15) is 5.10 Å². The van der Waals surface area contributed by atoms with E-state index in [1.807, 2.05) is 24.3 Å². The summed E-state index contributed by atoms with van der Waals surface area (Å²) in [6, 6.07) is 16.1. The minimum absolute atomic E-state index is 0.149. The number of thioether (sulfide) groups is 1. The van der Waals surface area contributed by atoms with Crippen molar-refractivity contribution in [2.45, 2.75) is 5.37 Å². The van der Waals surface area contributed by atoms with Gasteiger partial charge in [-0.05, 0) is 42.0 Å². The summed E-state index contributed by atoms with van der Waals surface area (Å²) in [5.74, 6) is 0.338. The molecule has 1 unspecified atom stereocenters. The van der Waals surface area contributed by atoms with Gasteiger partial charge in [0, 0.05) is 10.4 Å². The molecule has 0 saturated carbocycles. The molecule has 1 aliphatic rings. The first-order valence-corrected chi connectivity index (χ1v) is 10.8. The van der Waals surface area contributed by atoms with Crippen molar-refractivity contribution in [2.24, 2.45) is 0 Å². The summed E-state index contributed by atoms with van der Waals surface area (Å²) in [5.41, 5.74) is 1.00. The molecule has 30 heavy (non-hydrogen) atoms. The van der Waals surface area contributed by atoms with E-state index in [4.69, 9.17) is 28.2 Å². The highest BCUT2D eigenvalue weighted by atomic mass is 35.5.